The van der Waals surface area contributed by atoms with Crippen LogP contribution in [0.4, 0.5) is 5.69 Å². The Morgan fingerprint density at radius 3 is 2.42 bits per heavy atom. The van der Waals surface area contributed by atoms with Gasteiger partial charge in [0, 0.05) is 37.9 Å². The molecule has 8 heteroatoms. The molecule has 2 heterocycles. The Hall–Kier alpha value is -2.42. The Balaban J connectivity index is 1.63. The van der Waals surface area contributed by atoms with Crippen LogP contribution in [0, 0.1) is 0 Å². The molecule has 2 aromatic rings. The first-order valence-electron chi connectivity index (χ1n) is 8.26. The highest BCUT2D eigenvalue weighted by atomic mass is 32.2. The van der Waals surface area contributed by atoms with Crippen molar-refractivity contribution in [3.8, 4) is 0 Å². The molecular formula is C18H21N3O4S. The van der Waals surface area contributed by atoms with Crippen molar-refractivity contribution >= 4 is 27.7 Å². The highest BCUT2D eigenvalue weighted by Crippen LogP contribution is 2.19. The molecule has 3 rings (SSSR count). The van der Waals surface area contributed by atoms with Crippen molar-refractivity contribution in [3.63, 3.8) is 0 Å². The van der Waals surface area contributed by atoms with E-state index in [0.717, 1.165) is 13.1 Å². The number of piperazine rings is 1. The Bertz CT molecular complexity index is 866. The number of rotatable bonds is 5. The number of sulfonamides is 1. The van der Waals surface area contributed by atoms with Crippen LogP contribution >= 0.6 is 0 Å². The van der Waals surface area contributed by atoms with Crippen LogP contribution < -0.4 is 5.32 Å². The number of carbonyl (C=O) groups excluding carboxylic acids is 1. The maximum absolute atomic E-state index is 12.7. The van der Waals surface area contributed by atoms with Crippen molar-refractivity contribution in [2.24, 2.45) is 0 Å². The molecule has 0 spiro atoms. The van der Waals surface area contributed by atoms with Crippen LogP contribution in [0.5, 0.6) is 0 Å². The van der Waals surface area contributed by atoms with Gasteiger partial charge in [-0.2, -0.15) is 4.31 Å². The van der Waals surface area contributed by atoms with Crippen LogP contribution in [-0.2, 0) is 14.8 Å². The molecule has 1 saturated heterocycles. The number of amides is 1. The predicted octanol–water partition coefficient (Wildman–Crippen LogP) is 1.87. The lowest BCUT2D eigenvalue weighted by Crippen LogP contribution is -2.46. The molecule has 0 unspecified atom stereocenters. The van der Waals surface area contributed by atoms with Crippen LogP contribution in [0.1, 0.15) is 5.76 Å². The standard InChI is InChI=1S/C18H21N3O4S/c1-20-10-12-21(13-11-20)26(23,24)17-7-4-15(5-8-17)19-18(22)9-6-16-3-2-14-25-16/h2-9,14H,10-13H2,1H3,(H,19,22)/b9-6+. The van der Waals surface area contributed by atoms with Crippen molar-refractivity contribution in [1.82, 2.24) is 9.21 Å². The highest BCUT2D eigenvalue weighted by Gasteiger charge is 2.27. The van der Waals surface area contributed by atoms with Crippen molar-refractivity contribution in [1.29, 1.82) is 0 Å². The number of nitrogens with zero attached hydrogens (tertiary/aromatic N) is 2. The minimum Gasteiger partial charge on any atom is -0.465 e. The van der Waals surface area contributed by atoms with E-state index in [0.29, 0.717) is 24.5 Å². The van der Waals surface area contributed by atoms with Gasteiger partial charge in [-0.3, -0.25) is 4.79 Å². The number of carbonyl (C=O) groups is 1. The third kappa shape index (κ3) is 4.40. The van der Waals surface area contributed by atoms with Gasteiger partial charge < -0.3 is 14.6 Å². The van der Waals surface area contributed by atoms with E-state index in [1.807, 2.05) is 7.05 Å². The van der Waals surface area contributed by atoms with E-state index in [2.05, 4.69) is 10.2 Å². The van der Waals surface area contributed by atoms with E-state index >= 15 is 0 Å². The molecule has 7 nitrogen and oxygen atoms in total. The third-order valence-electron chi connectivity index (χ3n) is 4.16. The maximum atomic E-state index is 12.7. The molecule has 1 aliphatic heterocycles. The van der Waals surface area contributed by atoms with Crippen LogP contribution in [-0.4, -0.2) is 56.8 Å². The first kappa shape index (κ1) is 18.4. The van der Waals surface area contributed by atoms with E-state index < -0.39 is 10.0 Å². The minimum absolute atomic E-state index is 0.228. The molecule has 0 aliphatic carbocycles. The summed E-state index contributed by atoms with van der Waals surface area (Å²) in [4.78, 5) is 14.2. The summed E-state index contributed by atoms with van der Waals surface area (Å²) in [6.07, 6.45) is 4.44. The molecule has 1 aromatic carbocycles. The first-order chi connectivity index (χ1) is 12.4. The van der Waals surface area contributed by atoms with Gasteiger partial charge in [0.05, 0.1) is 11.2 Å². The Kier molecular flexibility index (Phi) is 5.55. The summed E-state index contributed by atoms with van der Waals surface area (Å²) in [6.45, 7) is 2.40. The monoisotopic (exact) mass is 375 g/mol. The molecule has 1 fully saturated rings. The lowest BCUT2D eigenvalue weighted by atomic mass is 10.3. The zero-order valence-electron chi connectivity index (χ0n) is 14.5. The molecule has 26 heavy (non-hydrogen) atoms. The van der Waals surface area contributed by atoms with Crippen LogP contribution in [0.15, 0.2) is 58.1 Å². The Morgan fingerprint density at radius 2 is 1.81 bits per heavy atom. The number of nitrogens with one attached hydrogen (secondary N) is 1. The second-order valence-electron chi connectivity index (χ2n) is 6.07. The van der Waals surface area contributed by atoms with Crippen LogP contribution in [0.25, 0.3) is 6.08 Å². The van der Waals surface area contributed by atoms with Gasteiger partial charge in [0.15, 0.2) is 0 Å². The smallest absolute Gasteiger partial charge is 0.248 e. The summed E-state index contributed by atoms with van der Waals surface area (Å²) in [5.41, 5.74) is 0.524. The number of anilines is 1. The fraction of sp³-hybridized carbons (Fsp3) is 0.278. The summed E-state index contributed by atoms with van der Waals surface area (Å²) in [7, 11) is -1.53. The van der Waals surface area contributed by atoms with Crippen molar-refractivity contribution in [2.75, 3.05) is 38.5 Å². The average Bonchev–Trinajstić information content (AvgIpc) is 3.14. The fourth-order valence-electron chi connectivity index (χ4n) is 2.62. The van der Waals surface area contributed by atoms with E-state index in [1.54, 1.807) is 30.3 Å². The van der Waals surface area contributed by atoms with Crippen LogP contribution in [0.2, 0.25) is 0 Å². The van der Waals surface area contributed by atoms with E-state index in [-0.39, 0.29) is 10.8 Å². The van der Waals surface area contributed by atoms with Gasteiger partial charge in [0.2, 0.25) is 15.9 Å². The Morgan fingerprint density at radius 1 is 1.12 bits per heavy atom. The van der Waals surface area contributed by atoms with Crippen molar-refractivity contribution in [3.05, 3.63) is 54.5 Å². The third-order valence-corrected chi connectivity index (χ3v) is 6.08. The zero-order chi connectivity index (χ0) is 18.6. The lowest BCUT2D eigenvalue weighted by molar-refractivity contribution is -0.111. The number of furan rings is 1. The highest BCUT2D eigenvalue weighted by molar-refractivity contribution is 7.89. The quantitative estimate of drug-likeness (QED) is 0.807. The molecular weight excluding hydrogens is 354 g/mol. The van der Waals surface area contributed by atoms with E-state index in [4.69, 9.17) is 4.42 Å². The first-order valence-corrected chi connectivity index (χ1v) is 9.70. The number of likely N-dealkylation sites (N-methyl/N-ethyl adjacent to an activating group) is 1. The summed E-state index contributed by atoms with van der Waals surface area (Å²) in [6, 6.07) is 9.67. The van der Waals surface area contributed by atoms with Gasteiger partial charge in [0.25, 0.3) is 0 Å². The van der Waals surface area contributed by atoms with Gasteiger partial charge >= 0.3 is 0 Å². The van der Waals surface area contributed by atoms with E-state index in [1.165, 1.54) is 28.8 Å². The molecule has 0 atom stereocenters. The Labute approximate surface area is 152 Å². The topological polar surface area (TPSA) is 82.9 Å². The van der Waals surface area contributed by atoms with Crippen molar-refractivity contribution < 1.29 is 17.6 Å². The van der Waals surface area contributed by atoms with Crippen LogP contribution in [0.3, 0.4) is 0 Å². The predicted molar refractivity (Wildman–Crippen MR) is 99.1 cm³/mol. The van der Waals surface area contributed by atoms with Gasteiger partial charge in [-0.25, -0.2) is 8.42 Å². The van der Waals surface area contributed by atoms with Crippen molar-refractivity contribution in [2.45, 2.75) is 4.90 Å². The second-order valence-corrected chi connectivity index (χ2v) is 8.01. The van der Waals surface area contributed by atoms with Gasteiger partial charge in [-0.1, -0.05) is 0 Å². The molecule has 0 saturated carbocycles. The average molecular weight is 375 g/mol. The van der Waals surface area contributed by atoms with Gasteiger partial charge in [-0.15, -0.1) is 0 Å². The molecule has 0 bridgehead atoms. The largest absolute Gasteiger partial charge is 0.465 e. The summed E-state index contributed by atoms with van der Waals surface area (Å²) < 4.78 is 31.9. The molecule has 138 valence electrons. The number of hydrogen-bond donors (Lipinski definition) is 1. The molecule has 1 aromatic heterocycles. The van der Waals surface area contributed by atoms with Gasteiger partial charge in [0.1, 0.15) is 5.76 Å². The minimum atomic E-state index is -3.50. The number of hydrogen-bond acceptors (Lipinski definition) is 5. The lowest BCUT2D eigenvalue weighted by Gasteiger charge is -2.31. The summed E-state index contributed by atoms with van der Waals surface area (Å²) in [5.74, 6) is 0.254. The zero-order valence-corrected chi connectivity index (χ0v) is 15.3. The molecule has 1 amide bonds. The SMILES string of the molecule is CN1CCN(S(=O)(=O)c2ccc(NC(=O)/C=C/c3ccco3)cc2)CC1. The molecule has 1 aliphatic rings. The summed E-state index contributed by atoms with van der Waals surface area (Å²) in [5, 5.41) is 2.69. The molecule has 0 radical (unpaired) electrons. The summed E-state index contributed by atoms with van der Waals surface area (Å²) >= 11 is 0. The van der Waals surface area contributed by atoms with E-state index in [9.17, 15) is 13.2 Å². The maximum Gasteiger partial charge on any atom is 0.248 e. The molecule has 1 N–H and O–H groups in total. The number of benzene rings is 1. The second kappa shape index (κ2) is 7.86. The fourth-order valence-corrected chi connectivity index (χ4v) is 4.04. The van der Waals surface area contributed by atoms with Gasteiger partial charge in [-0.05, 0) is 49.5 Å². The normalized spacial score (nSPS) is 16.8.